The zero-order chi connectivity index (χ0) is 9.80. The maximum Gasteiger partial charge on any atom is 0.244 e. The van der Waals surface area contributed by atoms with Gasteiger partial charge >= 0.3 is 0 Å². The van der Waals surface area contributed by atoms with E-state index >= 15 is 0 Å². The lowest BCUT2D eigenvalue weighted by Gasteiger charge is -2.25. The van der Waals surface area contributed by atoms with Crippen LogP contribution in [0.25, 0.3) is 0 Å². The summed E-state index contributed by atoms with van der Waals surface area (Å²) in [4.78, 5) is 6.46. The van der Waals surface area contributed by atoms with Crippen LogP contribution in [-0.4, -0.2) is 48.0 Å². The van der Waals surface area contributed by atoms with E-state index in [0.29, 0.717) is 6.54 Å². The summed E-state index contributed by atoms with van der Waals surface area (Å²) in [5, 5.41) is 7.02. The van der Waals surface area contributed by atoms with Crippen molar-refractivity contribution >= 4 is 5.95 Å². The lowest BCUT2D eigenvalue weighted by molar-refractivity contribution is 0.122. The van der Waals surface area contributed by atoms with Crippen molar-refractivity contribution in [2.24, 2.45) is 5.73 Å². The van der Waals surface area contributed by atoms with Crippen LogP contribution < -0.4 is 10.6 Å². The van der Waals surface area contributed by atoms with Gasteiger partial charge in [0.1, 0.15) is 5.82 Å². The topological polar surface area (TPSA) is 80.1 Å². The number of nitrogens with zero attached hydrogens (tertiary/aromatic N) is 3. The summed E-state index contributed by atoms with van der Waals surface area (Å²) in [7, 11) is 0. The molecule has 2 rings (SSSR count). The second kappa shape index (κ2) is 4.39. The molecule has 6 nitrogen and oxygen atoms in total. The summed E-state index contributed by atoms with van der Waals surface area (Å²) < 4.78 is 5.25. The first-order valence-corrected chi connectivity index (χ1v) is 4.84. The Labute approximate surface area is 82.4 Å². The molecule has 0 atom stereocenters. The molecule has 1 aromatic heterocycles. The Morgan fingerprint density at radius 2 is 2.21 bits per heavy atom. The van der Waals surface area contributed by atoms with E-state index in [4.69, 9.17) is 10.5 Å². The van der Waals surface area contributed by atoms with E-state index in [9.17, 15) is 0 Å². The molecule has 1 aliphatic rings. The van der Waals surface area contributed by atoms with Gasteiger partial charge in [-0.2, -0.15) is 4.98 Å². The number of nitrogens with two attached hydrogens (primary N) is 1. The number of nitrogens with one attached hydrogen (secondary N) is 1. The largest absolute Gasteiger partial charge is 0.378 e. The predicted octanol–water partition coefficient (Wildman–Crippen LogP) is -0.857. The molecule has 6 heteroatoms. The zero-order valence-electron chi connectivity index (χ0n) is 8.07. The summed E-state index contributed by atoms with van der Waals surface area (Å²) >= 11 is 0. The molecule has 1 aromatic rings. The summed E-state index contributed by atoms with van der Waals surface area (Å²) in [6, 6.07) is 0. The van der Waals surface area contributed by atoms with Gasteiger partial charge in [0, 0.05) is 19.5 Å². The summed E-state index contributed by atoms with van der Waals surface area (Å²) in [6.45, 7) is 3.82. The van der Waals surface area contributed by atoms with Gasteiger partial charge in [-0.15, -0.1) is 5.10 Å². The molecule has 1 aliphatic heterocycles. The van der Waals surface area contributed by atoms with Crippen molar-refractivity contribution < 1.29 is 4.74 Å². The molecule has 2 heterocycles. The van der Waals surface area contributed by atoms with Crippen molar-refractivity contribution in [3.05, 3.63) is 5.82 Å². The molecule has 0 saturated carbocycles. The fraction of sp³-hybridized carbons (Fsp3) is 0.750. The quantitative estimate of drug-likeness (QED) is 0.659. The van der Waals surface area contributed by atoms with E-state index in [1.165, 1.54) is 0 Å². The molecule has 0 aromatic carbocycles. The van der Waals surface area contributed by atoms with Gasteiger partial charge in [0.05, 0.1) is 13.2 Å². The molecule has 1 fully saturated rings. The number of aromatic amines is 1. The van der Waals surface area contributed by atoms with E-state index in [0.717, 1.165) is 44.5 Å². The fourth-order valence-electron chi connectivity index (χ4n) is 1.44. The highest BCUT2D eigenvalue weighted by molar-refractivity contribution is 5.28. The first-order chi connectivity index (χ1) is 6.90. The van der Waals surface area contributed by atoms with Crippen LogP contribution in [0.1, 0.15) is 5.82 Å². The van der Waals surface area contributed by atoms with Crippen molar-refractivity contribution in [1.29, 1.82) is 0 Å². The number of ether oxygens (including phenoxy) is 1. The van der Waals surface area contributed by atoms with Gasteiger partial charge in [0.15, 0.2) is 0 Å². The Bertz CT molecular complexity index is 281. The molecule has 0 amide bonds. The SMILES string of the molecule is NCCc1nc(N2CCOCC2)n[nH]1. The van der Waals surface area contributed by atoms with Crippen LogP contribution in [0.4, 0.5) is 5.95 Å². The van der Waals surface area contributed by atoms with Crippen molar-refractivity contribution in [1.82, 2.24) is 15.2 Å². The van der Waals surface area contributed by atoms with Crippen LogP contribution >= 0.6 is 0 Å². The third kappa shape index (κ3) is 2.02. The minimum atomic E-state index is 0.595. The maximum absolute atomic E-state index is 5.43. The van der Waals surface area contributed by atoms with Gasteiger partial charge in [0.2, 0.25) is 5.95 Å². The highest BCUT2D eigenvalue weighted by Gasteiger charge is 2.14. The molecule has 3 N–H and O–H groups in total. The molecule has 0 aliphatic carbocycles. The number of aromatic nitrogens is 3. The van der Waals surface area contributed by atoms with Crippen molar-refractivity contribution in [2.75, 3.05) is 37.7 Å². The van der Waals surface area contributed by atoms with Gasteiger partial charge < -0.3 is 15.4 Å². The van der Waals surface area contributed by atoms with Gasteiger partial charge in [-0.25, -0.2) is 0 Å². The maximum atomic E-state index is 5.43. The normalized spacial score (nSPS) is 17.4. The van der Waals surface area contributed by atoms with Crippen LogP contribution in [-0.2, 0) is 11.2 Å². The molecular weight excluding hydrogens is 182 g/mol. The van der Waals surface area contributed by atoms with Gasteiger partial charge in [0.25, 0.3) is 0 Å². The van der Waals surface area contributed by atoms with Crippen LogP contribution in [0.5, 0.6) is 0 Å². The molecule has 0 radical (unpaired) electrons. The first kappa shape index (κ1) is 9.42. The molecule has 0 bridgehead atoms. The molecule has 0 unspecified atom stereocenters. The van der Waals surface area contributed by atoms with E-state index in [2.05, 4.69) is 20.1 Å². The Morgan fingerprint density at radius 1 is 1.43 bits per heavy atom. The van der Waals surface area contributed by atoms with Crippen LogP contribution in [0.3, 0.4) is 0 Å². The monoisotopic (exact) mass is 197 g/mol. The van der Waals surface area contributed by atoms with Gasteiger partial charge in [-0.1, -0.05) is 0 Å². The average molecular weight is 197 g/mol. The zero-order valence-corrected chi connectivity index (χ0v) is 8.07. The minimum Gasteiger partial charge on any atom is -0.378 e. The molecule has 0 spiro atoms. The van der Waals surface area contributed by atoms with Crippen LogP contribution in [0, 0.1) is 0 Å². The highest BCUT2D eigenvalue weighted by Crippen LogP contribution is 2.08. The van der Waals surface area contributed by atoms with Gasteiger partial charge in [-0.05, 0) is 6.54 Å². The van der Waals surface area contributed by atoms with E-state index in [-0.39, 0.29) is 0 Å². The van der Waals surface area contributed by atoms with E-state index < -0.39 is 0 Å². The Balaban J connectivity index is 2.00. The summed E-state index contributed by atoms with van der Waals surface area (Å²) in [5.41, 5.74) is 5.43. The van der Waals surface area contributed by atoms with E-state index in [1.807, 2.05) is 0 Å². The fourth-order valence-corrected chi connectivity index (χ4v) is 1.44. The van der Waals surface area contributed by atoms with Crippen molar-refractivity contribution in [3.8, 4) is 0 Å². The molecular formula is C8H15N5O. The Kier molecular flexibility index (Phi) is 2.95. The average Bonchev–Trinajstić information content (AvgIpc) is 2.68. The molecule has 78 valence electrons. The Morgan fingerprint density at radius 3 is 2.93 bits per heavy atom. The molecule has 1 saturated heterocycles. The number of hydrogen-bond acceptors (Lipinski definition) is 5. The van der Waals surface area contributed by atoms with E-state index in [1.54, 1.807) is 0 Å². The Hall–Kier alpha value is -1.14. The second-order valence-electron chi connectivity index (χ2n) is 3.22. The predicted molar refractivity (Wildman–Crippen MR) is 52.2 cm³/mol. The number of hydrogen-bond donors (Lipinski definition) is 2. The molecule has 14 heavy (non-hydrogen) atoms. The first-order valence-electron chi connectivity index (χ1n) is 4.84. The number of rotatable bonds is 3. The highest BCUT2D eigenvalue weighted by atomic mass is 16.5. The third-order valence-corrected chi connectivity index (χ3v) is 2.19. The number of anilines is 1. The lowest BCUT2D eigenvalue weighted by Crippen LogP contribution is -2.36. The smallest absolute Gasteiger partial charge is 0.244 e. The standard InChI is InChI=1S/C8H15N5O/c9-2-1-7-10-8(12-11-7)13-3-5-14-6-4-13/h1-6,9H2,(H,10,11,12). The van der Waals surface area contributed by atoms with Crippen LogP contribution in [0.15, 0.2) is 0 Å². The van der Waals surface area contributed by atoms with Crippen molar-refractivity contribution in [3.63, 3.8) is 0 Å². The summed E-state index contributed by atoms with van der Waals surface area (Å²) in [5.74, 6) is 1.62. The van der Waals surface area contributed by atoms with Gasteiger partial charge in [-0.3, -0.25) is 5.10 Å². The summed E-state index contributed by atoms with van der Waals surface area (Å²) in [6.07, 6.45) is 0.747. The third-order valence-electron chi connectivity index (χ3n) is 2.19. The number of H-pyrrole nitrogens is 1. The van der Waals surface area contributed by atoms with Crippen LogP contribution in [0.2, 0.25) is 0 Å². The minimum absolute atomic E-state index is 0.595. The lowest BCUT2D eigenvalue weighted by atomic mass is 10.4. The second-order valence-corrected chi connectivity index (χ2v) is 3.22. The number of morpholine rings is 1. The van der Waals surface area contributed by atoms with Crippen molar-refractivity contribution in [2.45, 2.75) is 6.42 Å².